The molecule has 0 radical (unpaired) electrons. The van der Waals surface area contributed by atoms with E-state index in [0.29, 0.717) is 5.56 Å². The molecule has 272 valence electrons. The summed E-state index contributed by atoms with van der Waals surface area (Å²) in [5, 5.41) is 13.6. The van der Waals surface area contributed by atoms with Gasteiger partial charge in [-0.2, -0.15) is 5.26 Å². The van der Waals surface area contributed by atoms with E-state index in [2.05, 4.69) is 126 Å². The third kappa shape index (κ3) is 5.85. The molecule has 0 N–H and O–H groups in total. The highest BCUT2D eigenvalue weighted by molar-refractivity contribution is 6.14. The van der Waals surface area contributed by atoms with Gasteiger partial charge in [-0.15, -0.1) is 0 Å². The lowest BCUT2D eigenvalue weighted by atomic mass is 9.80. The molecule has 0 aliphatic heterocycles. The van der Waals surface area contributed by atoms with E-state index in [0.717, 1.165) is 89.1 Å². The van der Waals surface area contributed by atoms with Gasteiger partial charge in [0, 0.05) is 99.7 Å². The van der Waals surface area contributed by atoms with E-state index < -0.39 is 0 Å². The zero-order chi connectivity index (χ0) is 38.8. The van der Waals surface area contributed by atoms with Gasteiger partial charge in [0.2, 0.25) is 0 Å². The van der Waals surface area contributed by atoms with Gasteiger partial charge in [-0.25, -0.2) is 0 Å². The number of hydrogen-bond donors (Lipinski definition) is 0. The van der Waals surface area contributed by atoms with Crippen LogP contribution in [0.4, 0.5) is 17.1 Å². The maximum atomic E-state index is 11.4. The first-order chi connectivity index (χ1) is 28.8. The van der Waals surface area contributed by atoms with Crippen molar-refractivity contribution in [2.24, 2.45) is 0 Å². The number of rotatable bonds is 8. The summed E-state index contributed by atoms with van der Waals surface area (Å²) in [4.78, 5) is 19.9. The third-order valence-electron chi connectivity index (χ3n) is 10.6. The van der Waals surface area contributed by atoms with Crippen LogP contribution in [0.5, 0.6) is 0 Å². The van der Waals surface area contributed by atoms with Crippen LogP contribution in [0.2, 0.25) is 0 Å². The summed E-state index contributed by atoms with van der Waals surface area (Å²) < 4.78 is 2.38. The molecule has 7 nitrogen and oxygen atoms in total. The minimum Gasteiger partial charge on any atom is -0.310 e. The standard InChI is InChI=1S/C51H33N7/c52-34-44-47(35-17-25-53-26-18-35)49(37-21-29-55-30-22-37)51(50(38-23-31-56-32-24-38)48(44)36-19-27-54-28-20-36)58-45-14-8-7-13-42(45)43-33-41(15-16-46(43)58)57(39-9-3-1-4-10-39)40-11-5-2-6-12-40/h1-33H. The lowest BCUT2D eigenvalue weighted by Gasteiger charge is -2.27. The number of fused-ring (bicyclic) bond motifs is 3. The number of para-hydroxylation sites is 3. The Morgan fingerprint density at radius 2 is 0.810 bits per heavy atom. The number of nitrogens with zero attached hydrogens (tertiary/aromatic N) is 7. The quantitative estimate of drug-likeness (QED) is 0.154. The van der Waals surface area contributed by atoms with Crippen molar-refractivity contribution in [3.63, 3.8) is 0 Å². The summed E-state index contributed by atoms with van der Waals surface area (Å²) in [6.07, 6.45) is 14.4. The summed E-state index contributed by atoms with van der Waals surface area (Å²) in [7, 11) is 0. The molecule has 58 heavy (non-hydrogen) atoms. The number of anilines is 3. The zero-order valence-electron chi connectivity index (χ0n) is 31.2. The van der Waals surface area contributed by atoms with Crippen molar-refractivity contribution < 1.29 is 0 Å². The highest BCUT2D eigenvalue weighted by Gasteiger charge is 2.30. The van der Waals surface area contributed by atoms with Crippen LogP contribution >= 0.6 is 0 Å². The second kappa shape index (κ2) is 14.8. The smallest absolute Gasteiger partial charge is 0.100 e. The van der Waals surface area contributed by atoms with E-state index in [1.54, 1.807) is 24.8 Å². The molecule has 0 saturated heterocycles. The molecule has 0 aliphatic carbocycles. The minimum atomic E-state index is 0.546. The van der Waals surface area contributed by atoms with Crippen molar-refractivity contribution in [2.75, 3.05) is 4.90 Å². The van der Waals surface area contributed by atoms with Gasteiger partial charge in [0.1, 0.15) is 6.07 Å². The van der Waals surface area contributed by atoms with Crippen molar-refractivity contribution >= 4 is 38.9 Å². The molecule has 0 fully saturated rings. The van der Waals surface area contributed by atoms with E-state index in [9.17, 15) is 5.26 Å². The van der Waals surface area contributed by atoms with Gasteiger partial charge in [-0.1, -0.05) is 54.6 Å². The van der Waals surface area contributed by atoms with Gasteiger partial charge in [0.25, 0.3) is 0 Å². The number of nitriles is 1. The second-order valence-electron chi connectivity index (χ2n) is 13.8. The molecule has 10 aromatic rings. The van der Waals surface area contributed by atoms with Crippen LogP contribution < -0.4 is 4.90 Å². The highest BCUT2D eigenvalue weighted by atomic mass is 15.1. The fraction of sp³-hybridized carbons (Fsp3) is 0. The molecule has 0 spiro atoms. The van der Waals surface area contributed by atoms with Crippen LogP contribution in [0, 0.1) is 11.3 Å². The van der Waals surface area contributed by atoms with E-state index in [1.807, 2.05) is 85.5 Å². The van der Waals surface area contributed by atoms with Gasteiger partial charge < -0.3 is 9.47 Å². The van der Waals surface area contributed by atoms with Crippen LogP contribution in [-0.4, -0.2) is 24.5 Å². The monoisotopic (exact) mass is 743 g/mol. The van der Waals surface area contributed by atoms with E-state index in [4.69, 9.17) is 0 Å². The second-order valence-corrected chi connectivity index (χ2v) is 13.8. The van der Waals surface area contributed by atoms with Gasteiger partial charge in [0.05, 0.1) is 22.3 Å². The highest BCUT2D eigenvalue weighted by Crippen LogP contribution is 2.52. The zero-order valence-corrected chi connectivity index (χ0v) is 31.2. The van der Waals surface area contributed by atoms with Crippen LogP contribution in [-0.2, 0) is 0 Å². The Labute approximate surface area is 335 Å². The Kier molecular flexibility index (Phi) is 8.75. The molecule has 5 heterocycles. The minimum absolute atomic E-state index is 0.546. The first kappa shape index (κ1) is 34.3. The average molecular weight is 744 g/mol. The molecule has 0 aliphatic rings. The summed E-state index contributed by atoms with van der Waals surface area (Å²) in [5.74, 6) is 0. The molecule has 0 amide bonds. The number of hydrogen-bond acceptors (Lipinski definition) is 6. The maximum Gasteiger partial charge on any atom is 0.100 e. The van der Waals surface area contributed by atoms with Crippen molar-refractivity contribution in [3.05, 3.63) is 207 Å². The third-order valence-corrected chi connectivity index (χ3v) is 10.6. The molecule has 0 saturated carbocycles. The topological polar surface area (TPSA) is 83.5 Å². The first-order valence-corrected chi connectivity index (χ1v) is 19.0. The van der Waals surface area contributed by atoms with Gasteiger partial charge in [0.15, 0.2) is 0 Å². The van der Waals surface area contributed by atoms with Gasteiger partial charge in [-0.3, -0.25) is 19.9 Å². The van der Waals surface area contributed by atoms with Gasteiger partial charge >= 0.3 is 0 Å². The van der Waals surface area contributed by atoms with Crippen LogP contribution in [0.3, 0.4) is 0 Å². The molecule has 5 aromatic carbocycles. The van der Waals surface area contributed by atoms with Crippen LogP contribution in [0.15, 0.2) is 201 Å². The first-order valence-electron chi connectivity index (χ1n) is 19.0. The van der Waals surface area contributed by atoms with Crippen LogP contribution in [0.1, 0.15) is 5.56 Å². The van der Waals surface area contributed by atoms with Crippen LogP contribution in [0.25, 0.3) is 72.0 Å². The lowest BCUT2D eigenvalue weighted by Crippen LogP contribution is -2.10. The molecule has 0 unspecified atom stereocenters. The Bertz CT molecular complexity index is 2950. The summed E-state index contributed by atoms with van der Waals surface area (Å²) in [6.45, 7) is 0. The summed E-state index contributed by atoms with van der Waals surface area (Å²) in [5.41, 5.74) is 13.7. The van der Waals surface area contributed by atoms with Crippen molar-refractivity contribution in [2.45, 2.75) is 0 Å². The van der Waals surface area contributed by atoms with E-state index in [1.165, 1.54) is 0 Å². The Morgan fingerprint density at radius 3 is 1.28 bits per heavy atom. The van der Waals surface area contributed by atoms with Crippen molar-refractivity contribution in [3.8, 4) is 56.3 Å². The molecule has 0 bridgehead atoms. The molecule has 10 rings (SSSR count). The maximum absolute atomic E-state index is 11.4. The average Bonchev–Trinajstić information content (AvgIpc) is 3.63. The fourth-order valence-electron chi connectivity index (χ4n) is 8.23. The fourth-order valence-corrected chi connectivity index (χ4v) is 8.23. The van der Waals surface area contributed by atoms with Crippen molar-refractivity contribution in [1.82, 2.24) is 24.5 Å². The molecule has 7 heteroatoms. The SMILES string of the molecule is N#Cc1c(-c2ccncc2)c(-c2ccncc2)c(-n2c3ccccc3c3cc(N(c4ccccc4)c4ccccc4)ccc32)c(-c2ccncc2)c1-c1ccncc1. The predicted octanol–water partition coefficient (Wildman–Crippen LogP) is 12.4. The van der Waals surface area contributed by atoms with E-state index in [-0.39, 0.29) is 0 Å². The Morgan fingerprint density at radius 1 is 0.397 bits per heavy atom. The largest absolute Gasteiger partial charge is 0.310 e. The Balaban J connectivity index is 1.40. The molecular formula is C51H33N7. The summed E-state index contributed by atoms with van der Waals surface area (Å²) in [6, 6.07) is 54.9. The summed E-state index contributed by atoms with van der Waals surface area (Å²) >= 11 is 0. The molecule has 0 atom stereocenters. The van der Waals surface area contributed by atoms with Gasteiger partial charge in [-0.05, 0) is 119 Å². The van der Waals surface area contributed by atoms with Crippen molar-refractivity contribution in [1.29, 1.82) is 5.26 Å². The Hall–Kier alpha value is -8.21. The number of benzene rings is 5. The number of pyridine rings is 4. The molecular weight excluding hydrogens is 711 g/mol. The lowest BCUT2D eigenvalue weighted by molar-refractivity contribution is 1.18. The normalized spacial score (nSPS) is 11.1. The van der Waals surface area contributed by atoms with E-state index >= 15 is 0 Å². The number of aromatic nitrogens is 5. The predicted molar refractivity (Wildman–Crippen MR) is 233 cm³/mol. The molecule has 5 aromatic heterocycles.